The number of hydrogen-bond donors (Lipinski definition) is 3. The van der Waals surface area contributed by atoms with Gasteiger partial charge in [-0.2, -0.15) is 0 Å². The van der Waals surface area contributed by atoms with Gasteiger partial charge in [0, 0.05) is 25.7 Å². The molecule has 0 rings (SSSR count). The fourth-order valence-electron chi connectivity index (χ4n) is 13.3. The number of esters is 4. The molecule has 618 valence electrons. The van der Waals surface area contributed by atoms with Gasteiger partial charge in [0.25, 0.3) is 0 Å². The molecule has 3 N–H and O–H groups in total. The van der Waals surface area contributed by atoms with Crippen molar-refractivity contribution in [2.24, 2.45) is 0 Å². The summed E-state index contributed by atoms with van der Waals surface area (Å²) in [5.41, 5.74) is 0. The Kier molecular flexibility index (Phi) is 77.7. The molecule has 0 aromatic heterocycles. The molecule has 0 aliphatic heterocycles. The number of phosphoric ester groups is 2. The molecule has 104 heavy (non-hydrogen) atoms. The van der Waals surface area contributed by atoms with Crippen molar-refractivity contribution in [3.05, 3.63) is 0 Å². The fraction of sp³-hybridized carbons (Fsp3) is 0.953. The lowest BCUT2D eigenvalue weighted by atomic mass is 10.0. The fourth-order valence-corrected chi connectivity index (χ4v) is 14.9. The highest BCUT2D eigenvalue weighted by molar-refractivity contribution is 7.47. The molecular formula is C85H166O17P2. The third kappa shape index (κ3) is 78.2. The molecule has 0 aromatic carbocycles. The van der Waals surface area contributed by atoms with E-state index in [1.165, 1.54) is 295 Å². The predicted molar refractivity (Wildman–Crippen MR) is 428 cm³/mol. The van der Waals surface area contributed by atoms with Crippen molar-refractivity contribution in [1.29, 1.82) is 0 Å². The largest absolute Gasteiger partial charge is 0.472 e. The third-order valence-corrected chi connectivity index (χ3v) is 22.0. The van der Waals surface area contributed by atoms with Crippen LogP contribution in [-0.4, -0.2) is 96.7 Å². The molecule has 0 bridgehead atoms. The molecule has 3 unspecified atom stereocenters. The molecule has 19 heteroatoms. The average Bonchev–Trinajstić information content (AvgIpc) is 0.906. The van der Waals surface area contributed by atoms with Crippen molar-refractivity contribution in [3.8, 4) is 0 Å². The van der Waals surface area contributed by atoms with E-state index in [9.17, 15) is 43.2 Å². The van der Waals surface area contributed by atoms with Gasteiger partial charge in [-0.05, 0) is 25.7 Å². The van der Waals surface area contributed by atoms with E-state index in [0.29, 0.717) is 25.7 Å². The molecule has 0 aromatic rings. The van der Waals surface area contributed by atoms with Crippen LogP contribution in [0.2, 0.25) is 0 Å². The summed E-state index contributed by atoms with van der Waals surface area (Å²) in [7, 11) is -9.92. The van der Waals surface area contributed by atoms with Crippen LogP contribution in [0, 0.1) is 0 Å². The first-order chi connectivity index (χ1) is 50.7. The van der Waals surface area contributed by atoms with Crippen LogP contribution in [0.4, 0.5) is 0 Å². The van der Waals surface area contributed by atoms with Crippen molar-refractivity contribution >= 4 is 39.5 Å². The standard InChI is InChI=1S/C85H166O17P2/c1-5-9-13-17-21-25-29-33-35-37-39-41-43-47-50-54-58-62-66-70-83(88)96-76-81(102-85(90)72-68-64-60-56-52-48-44-42-40-38-36-34-30-26-22-18-14-10-6-2)78-100-104(93,94)98-74-79(86)73-97-103(91,92)99-77-80(101-84(89)71-67-63-59-55-51-46-32-28-24-20-16-12-8-4)75-95-82(87)69-65-61-57-53-49-45-31-27-23-19-15-11-7-3/h79-81,86H,5-78H2,1-4H3,(H,91,92)(H,93,94)/t79?,80-,81-/m1/s1. The zero-order valence-electron chi connectivity index (χ0n) is 68.0. The number of aliphatic hydroxyl groups excluding tert-OH is 1. The highest BCUT2D eigenvalue weighted by atomic mass is 31.2. The van der Waals surface area contributed by atoms with Gasteiger partial charge in [0.1, 0.15) is 19.3 Å². The molecule has 0 radical (unpaired) electrons. The molecule has 0 amide bonds. The van der Waals surface area contributed by atoms with E-state index in [4.69, 9.17) is 37.0 Å². The summed E-state index contributed by atoms with van der Waals surface area (Å²) in [5.74, 6) is -2.10. The monoisotopic (exact) mass is 1520 g/mol. The van der Waals surface area contributed by atoms with Crippen LogP contribution in [0.1, 0.15) is 464 Å². The molecule has 0 aliphatic carbocycles. The maximum Gasteiger partial charge on any atom is 0.472 e. The van der Waals surface area contributed by atoms with Crippen molar-refractivity contribution < 1.29 is 80.2 Å². The Morgan fingerprint density at radius 2 is 0.385 bits per heavy atom. The SMILES string of the molecule is CCCCCCCCCCCCCCCCCCCCCC(=O)OC[C@H](COP(=O)(O)OCC(O)COP(=O)(O)OC[C@@H](COC(=O)CCCCCCCCCCCCCCC)OC(=O)CCCCCCCCCCCCCCC)OC(=O)CCCCCCCCCCCCCCCCCCCCC. The number of aliphatic hydroxyl groups is 1. The van der Waals surface area contributed by atoms with Crippen LogP contribution >= 0.6 is 15.6 Å². The lowest BCUT2D eigenvalue weighted by molar-refractivity contribution is -0.161. The van der Waals surface area contributed by atoms with Crippen LogP contribution in [0.3, 0.4) is 0 Å². The summed E-state index contributed by atoms with van der Waals surface area (Å²) in [6.45, 7) is 5.06. The van der Waals surface area contributed by atoms with E-state index in [0.717, 1.165) is 89.9 Å². The third-order valence-electron chi connectivity index (χ3n) is 20.1. The Hall–Kier alpha value is -1.94. The van der Waals surface area contributed by atoms with Crippen LogP contribution in [0.15, 0.2) is 0 Å². The topological polar surface area (TPSA) is 237 Å². The van der Waals surface area contributed by atoms with Crippen molar-refractivity contribution in [3.63, 3.8) is 0 Å². The number of phosphoric acid groups is 2. The second-order valence-corrected chi connectivity index (χ2v) is 33.5. The van der Waals surface area contributed by atoms with Crippen LogP contribution in [0.25, 0.3) is 0 Å². The molecule has 17 nitrogen and oxygen atoms in total. The van der Waals surface area contributed by atoms with Crippen LogP contribution in [-0.2, 0) is 65.4 Å². The van der Waals surface area contributed by atoms with E-state index in [1.54, 1.807) is 0 Å². The zero-order valence-corrected chi connectivity index (χ0v) is 69.8. The van der Waals surface area contributed by atoms with Gasteiger partial charge in [0.2, 0.25) is 0 Å². The van der Waals surface area contributed by atoms with E-state index in [2.05, 4.69) is 27.7 Å². The number of ether oxygens (including phenoxy) is 4. The second-order valence-electron chi connectivity index (χ2n) is 30.6. The van der Waals surface area contributed by atoms with Crippen molar-refractivity contribution in [2.45, 2.75) is 483 Å². The average molecular weight is 1520 g/mol. The summed E-state index contributed by atoms with van der Waals surface area (Å²) >= 11 is 0. The second kappa shape index (κ2) is 79.2. The quantitative estimate of drug-likeness (QED) is 0.0222. The van der Waals surface area contributed by atoms with E-state index in [-0.39, 0.29) is 25.7 Å². The first-order valence-corrected chi connectivity index (χ1v) is 47.3. The van der Waals surface area contributed by atoms with E-state index < -0.39 is 97.5 Å². The molecule has 0 saturated carbocycles. The van der Waals surface area contributed by atoms with Crippen molar-refractivity contribution in [1.82, 2.24) is 0 Å². The smallest absolute Gasteiger partial charge is 0.462 e. The van der Waals surface area contributed by atoms with Gasteiger partial charge in [-0.1, -0.05) is 413 Å². The van der Waals surface area contributed by atoms with Gasteiger partial charge in [-0.15, -0.1) is 0 Å². The normalized spacial score (nSPS) is 13.7. The predicted octanol–water partition coefficient (Wildman–Crippen LogP) is 26.1. The number of carbonyl (C=O) groups is 4. The lowest BCUT2D eigenvalue weighted by Crippen LogP contribution is -2.30. The van der Waals surface area contributed by atoms with Gasteiger partial charge < -0.3 is 33.8 Å². The summed E-state index contributed by atoms with van der Waals surface area (Å²) in [4.78, 5) is 73.2. The Bertz CT molecular complexity index is 1960. The maximum atomic E-state index is 13.1. The number of rotatable bonds is 86. The summed E-state index contributed by atoms with van der Waals surface area (Å²) in [6, 6.07) is 0. The van der Waals surface area contributed by atoms with Crippen LogP contribution in [0.5, 0.6) is 0 Å². The van der Waals surface area contributed by atoms with Gasteiger partial charge in [-0.3, -0.25) is 37.3 Å². The highest BCUT2D eigenvalue weighted by Gasteiger charge is 2.30. The highest BCUT2D eigenvalue weighted by Crippen LogP contribution is 2.45. The minimum absolute atomic E-state index is 0.109. The number of hydrogen-bond acceptors (Lipinski definition) is 15. The molecule has 5 atom stereocenters. The van der Waals surface area contributed by atoms with Gasteiger partial charge >= 0.3 is 39.5 Å². The van der Waals surface area contributed by atoms with Crippen molar-refractivity contribution in [2.75, 3.05) is 39.6 Å². The summed E-state index contributed by atoms with van der Waals surface area (Å²) in [6.07, 6.45) is 73.5. The molecule has 0 aliphatic rings. The zero-order chi connectivity index (χ0) is 76.0. The minimum Gasteiger partial charge on any atom is -0.462 e. The molecule has 0 saturated heterocycles. The lowest BCUT2D eigenvalue weighted by Gasteiger charge is -2.21. The first kappa shape index (κ1) is 102. The Labute approximate surface area is 638 Å². The minimum atomic E-state index is -4.96. The molecule has 0 spiro atoms. The number of unbranched alkanes of at least 4 members (excludes halogenated alkanes) is 60. The maximum absolute atomic E-state index is 13.1. The van der Waals surface area contributed by atoms with Crippen LogP contribution < -0.4 is 0 Å². The number of carbonyl (C=O) groups excluding carboxylic acids is 4. The Morgan fingerprint density at radius 3 is 0.567 bits per heavy atom. The first-order valence-electron chi connectivity index (χ1n) is 44.3. The van der Waals surface area contributed by atoms with E-state index in [1.807, 2.05) is 0 Å². The summed E-state index contributed by atoms with van der Waals surface area (Å²) < 4.78 is 68.9. The van der Waals surface area contributed by atoms with E-state index >= 15 is 0 Å². The van der Waals surface area contributed by atoms with Gasteiger partial charge in [-0.25, -0.2) is 9.13 Å². The van der Waals surface area contributed by atoms with Gasteiger partial charge in [0.15, 0.2) is 12.2 Å². The molecule has 0 fully saturated rings. The van der Waals surface area contributed by atoms with Gasteiger partial charge in [0.05, 0.1) is 26.4 Å². The molecular weight excluding hydrogens is 1350 g/mol. The Balaban J connectivity index is 5.24. The summed E-state index contributed by atoms with van der Waals surface area (Å²) in [5, 5.41) is 10.7. The molecule has 0 heterocycles. The Morgan fingerprint density at radius 1 is 0.231 bits per heavy atom.